The number of allylic oxidation sites excluding steroid dienone is 1. The van der Waals surface area contributed by atoms with Crippen molar-refractivity contribution in [2.24, 2.45) is 26.7 Å². The van der Waals surface area contributed by atoms with Crippen LogP contribution in [0.5, 0.6) is 0 Å². The van der Waals surface area contributed by atoms with Crippen molar-refractivity contribution in [3.05, 3.63) is 12.3 Å². The Hall–Kier alpha value is -1.26. The van der Waals surface area contributed by atoms with Gasteiger partial charge in [0.25, 0.3) is 0 Å². The zero-order valence-corrected chi connectivity index (χ0v) is 11.0. The lowest BCUT2D eigenvalue weighted by molar-refractivity contribution is 0.160. The first-order valence-corrected chi connectivity index (χ1v) is 7.16. The molecule has 2 aliphatic rings. The summed E-state index contributed by atoms with van der Waals surface area (Å²) < 4.78 is 0. The first kappa shape index (κ1) is 13.2. The number of rotatable bonds is 0. The predicted octanol–water partition coefficient (Wildman–Crippen LogP) is 4.30. The van der Waals surface area contributed by atoms with Gasteiger partial charge in [-0.2, -0.15) is 0 Å². The van der Waals surface area contributed by atoms with E-state index in [1.165, 1.54) is 44.9 Å². The predicted molar refractivity (Wildman–Crippen MR) is 70.9 cm³/mol. The molecule has 0 amide bonds. The number of hydrogen-bond donors (Lipinski definition) is 0. The minimum absolute atomic E-state index is 0.790. The van der Waals surface area contributed by atoms with Crippen molar-refractivity contribution in [3.8, 4) is 0 Å². The summed E-state index contributed by atoms with van der Waals surface area (Å²) in [7, 11) is 0. The maximum atomic E-state index is 4.12. The summed E-state index contributed by atoms with van der Waals surface area (Å²) in [6, 6.07) is 0. The van der Waals surface area contributed by atoms with Crippen LogP contribution in [-0.4, -0.2) is 18.1 Å². The molecule has 5 heteroatoms. The smallest absolute Gasteiger partial charge is 0.0474 e. The molecule has 0 saturated carbocycles. The van der Waals surface area contributed by atoms with E-state index >= 15 is 0 Å². The summed E-state index contributed by atoms with van der Waals surface area (Å²) >= 11 is 0. The van der Waals surface area contributed by atoms with Gasteiger partial charge in [0.05, 0.1) is 0 Å². The zero-order chi connectivity index (χ0) is 12.5. The van der Waals surface area contributed by atoms with Crippen molar-refractivity contribution in [2.45, 2.75) is 51.4 Å². The van der Waals surface area contributed by atoms with Gasteiger partial charge in [0, 0.05) is 19.3 Å². The lowest BCUT2D eigenvalue weighted by Gasteiger charge is -2.29. The topological polar surface area (TPSA) is 52.7 Å². The zero-order valence-electron chi connectivity index (χ0n) is 11.0. The van der Waals surface area contributed by atoms with Crippen LogP contribution in [0.25, 0.3) is 0 Å². The fourth-order valence-corrected chi connectivity index (χ4v) is 2.66. The molecule has 5 nitrogen and oxygen atoms in total. The van der Waals surface area contributed by atoms with Gasteiger partial charge in [0.15, 0.2) is 0 Å². The average molecular weight is 249 g/mol. The highest BCUT2D eigenvalue weighted by Crippen LogP contribution is 2.22. The van der Waals surface area contributed by atoms with Gasteiger partial charge < -0.3 is 0 Å². The van der Waals surface area contributed by atoms with Crippen molar-refractivity contribution in [1.82, 2.24) is 5.01 Å². The summed E-state index contributed by atoms with van der Waals surface area (Å²) in [5.74, 6) is 0.790. The summed E-state index contributed by atoms with van der Waals surface area (Å²) in [5.41, 5.74) is 0. The summed E-state index contributed by atoms with van der Waals surface area (Å²) in [5, 5.41) is 17.4. The third-order valence-corrected chi connectivity index (χ3v) is 3.66. The molecule has 0 aliphatic carbocycles. The van der Waals surface area contributed by atoms with E-state index in [9.17, 15) is 0 Å². The first-order chi connectivity index (χ1) is 8.95. The van der Waals surface area contributed by atoms with Gasteiger partial charge in [-0.25, -0.2) is 0 Å². The Morgan fingerprint density at radius 3 is 2.83 bits per heavy atom. The normalized spacial score (nSPS) is 28.4. The quantitative estimate of drug-likeness (QED) is 0.631. The van der Waals surface area contributed by atoms with Gasteiger partial charge >= 0.3 is 0 Å². The summed E-state index contributed by atoms with van der Waals surface area (Å²) in [6.07, 6.45) is 14.1. The van der Waals surface area contributed by atoms with Crippen LogP contribution in [0.4, 0.5) is 0 Å². The Morgan fingerprint density at radius 1 is 0.944 bits per heavy atom. The molecule has 2 bridgehead atoms. The van der Waals surface area contributed by atoms with E-state index in [1.807, 2.05) is 5.01 Å². The SMILES string of the molecule is C1=CN=N/N=N/N2CCCC(CCCCCC1)C2. The molecule has 18 heavy (non-hydrogen) atoms. The second-order valence-corrected chi connectivity index (χ2v) is 5.18. The van der Waals surface area contributed by atoms with Gasteiger partial charge in [-0.3, -0.25) is 5.01 Å². The van der Waals surface area contributed by atoms with Gasteiger partial charge in [-0.15, -0.1) is 5.11 Å². The molecule has 2 heterocycles. The molecule has 0 aromatic carbocycles. The summed E-state index contributed by atoms with van der Waals surface area (Å²) in [6.45, 7) is 2.04. The fourth-order valence-electron chi connectivity index (χ4n) is 2.66. The molecule has 0 aromatic heterocycles. The van der Waals surface area contributed by atoms with Crippen LogP contribution >= 0.6 is 0 Å². The van der Waals surface area contributed by atoms with E-state index in [2.05, 4.69) is 26.9 Å². The number of nitrogens with zero attached hydrogens (tertiary/aromatic N) is 5. The van der Waals surface area contributed by atoms with Crippen molar-refractivity contribution in [3.63, 3.8) is 0 Å². The maximum absolute atomic E-state index is 4.12. The molecule has 1 fully saturated rings. The average Bonchev–Trinajstić information content (AvgIpc) is 2.40. The molecule has 2 aliphatic heterocycles. The van der Waals surface area contributed by atoms with E-state index in [-0.39, 0.29) is 0 Å². The van der Waals surface area contributed by atoms with Crippen LogP contribution < -0.4 is 0 Å². The lowest BCUT2D eigenvalue weighted by atomic mass is 9.93. The van der Waals surface area contributed by atoms with Gasteiger partial charge in [-0.1, -0.05) is 25.3 Å². The van der Waals surface area contributed by atoms with E-state index < -0.39 is 0 Å². The van der Waals surface area contributed by atoms with Gasteiger partial charge in [-0.05, 0) is 53.7 Å². The molecule has 100 valence electrons. The van der Waals surface area contributed by atoms with Crippen molar-refractivity contribution < 1.29 is 0 Å². The molecule has 2 rings (SSSR count). The monoisotopic (exact) mass is 249 g/mol. The minimum atomic E-state index is 0.790. The Bertz CT molecular complexity index is 311. The lowest BCUT2D eigenvalue weighted by Crippen LogP contribution is -2.31. The first-order valence-electron chi connectivity index (χ1n) is 7.16. The Labute approximate surface area is 109 Å². The maximum Gasteiger partial charge on any atom is 0.0474 e. The highest BCUT2D eigenvalue weighted by molar-refractivity contribution is 4.77. The molecule has 1 atom stereocenters. The van der Waals surface area contributed by atoms with Crippen LogP contribution in [0.3, 0.4) is 0 Å². The second-order valence-electron chi connectivity index (χ2n) is 5.18. The van der Waals surface area contributed by atoms with Gasteiger partial charge in [0.1, 0.15) is 0 Å². The molecule has 0 radical (unpaired) electrons. The molecular formula is C13H23N5. The van der Waals surface area contributed by atoms with E-state index in [1.54, 1.807) is 6.20 Å². The van der Waals surface area contributed by atoms with Crippen LogP contribution in [0, 0.1) is 5.92 Å². The molecule has 1 saturated heterocycles. The molecular weight excluding hydrogens is 226 g/mol. The Kier molecular flexibility index (Phi) is 5.82. The molecule has 0 N–H and O–H groups in total. The number of piperidine rings is 1. The number of fused-ring (bicyclic) bond motifs is 2. The highest BCUT2D eigenvalue weighted by Gasteiger charge is 2.18. The largest absolute Gasteiger partial charge is 0.277 e. The summed E-state index contributed by atoms with van der Waals surface area (Å²) in [4.78, 5) is 0. The van der Waals surface area contributed by atoms with Crippen LogP contribution in [0.15, 0.2) is 33.1 Å². The van der Waals surface area contributed by atoms with E-state index in [0.29, 0.717) is 0 Å². The van der Waals surface area contributed by atoms with Crippen LogP contribution in [0.1, 0.15) is 51.4 Å². The third kappa shape index (κ3) is 4.94. The van der Waals surface area contributed by atoms with E-state index in [0.717, 1.165) is 25.4 Å². The van der Waals surface area contributed by atoms with E-state index in [4.69, 9.17) is 0 Å². The Morgan fingerprint density at radius 2 is 1.83 bits per heavy atom. The van der Waals surface area contributed by atoms with Crippen LogP contribution in [-0.2, 0) is 0 Å². The van der Waals surface area contributed by atoms with Crippen molar-refractivity contribution >= 4 is 0 Å². The molecule has 1 unspecified atom stereocenters. The molecule has 0 spiro atoms. The Balaban J connectivity index is 1.89. The molecule has 0 aromatic rings. The van der Waals surface area contributed by atoms with Crippen molar-refractivity contribution in [1.29, 1.82) is 0 Å². The minimum Gasteiger partial charge on any atom is -0.277 e. The fraction of sp³-hybridized carbons (Fsp3) is 0.846. The van der Waals surface area contributed by atoms with Crippen molar-refractivity contribution in [2.75, 3.05) is 13.1 Å². The van der Waals surface area contributed by atoms with Crippen LogP contribution in [0.2, 0.25) is 0 Å². The second kappa shape index (κ2) is 7.95. The van der Waals surface area contributed by atoms with Gasteiger partial charge in [0.2, 0.25) is 0 Å². The number of hydrogen-bond acceptors (Lipinski definition) is 5. The highest BCUT2D eigenvalue weighted by atomic mass is 15.6. The standard InChI is InChI=1S/C13H23N5/c1-2-4-6-10-14-15-16-17-18-11-7-9-13(12-18)8-5-3-1/h6,10,13H,1-5,7-9,11-12H2/b10-6?,15-14?,17-16+. The third-order valence-electron chi connectivity index (χ3n) is 3.66.